The summed E-state index contributed by atoms with van der Waals surface area (Å²) in [4.78, 5) is 11.4. The summed E-state index contributed by atoms with van der Waals surface area (Å²) < 4.78 is 10.2. The molecule has 25 heavy (non-hydrogen) atoms. The van der Waals surface area contributed by atoms with Crippen molar-refractivity contribution in [2.24, 2.45) is 5.92 Å². The molecule has 0 fully saturated rings. The van der Waals surface area contributed by atoms with E-state index in [9.17, 15) is 4.79 Å². The lowest BCUT2D eigenvalue weighted by Crippen LogP contribution is -2.24. The highest BCUT2D eigenvalue weighted by molar-refractivity contribution is 5.71. The van der Waals surface area contributed by atoms with Crippen molar-refractivity contribution in [3.05, 3.63) is 54.1 Å². The van der Waals surface area contributed by atoms with Gasteiger partial charge < -0.3 is 14.8 Å². The van der Waals surface area contributed by atoms with Gasteiger partial charge in [-0.05, 0) is 37.1 Å². The van der Waals surface area contributed by atoms with Crippen molar-refractivity contribution in [3.8, 4) is 16.9 Å². The molecule has 2 aromatic rings. The van der Waals surface area contributed by atoms with Crippen LogP contribution in [0.2, 0.25) is 0 Å². The van der Waals surface area contributed by atoms with Gasteiger partial charge in [-0.25, -0.2) is 0 Å². The van der Waals surface area contributed by atoms with Crippen LogP contribution in [0.4, 0.5) is 0 Å². The molecule has 0 heterocycles. The lowest BCUT2D eigenvalue weighted by Gasteiger charge is -2.16. The van der Waals surface area contributed by atoms with Gasteiger partial charge in [0.2, 0.25) is 0 Å². The fourth-order valence-electron chi connectivity index (χ4n) is 2.79. The second-order valence-electron chi connectivity index (χ2n) is 6.21. The van der Waals surface area contributed by atoms with E-state index in [0.717, 1.165) is 29.8 Å². The second-order valence-corrected chi connectivity index (χ2v) is 6.21. The van der Waals surface area contributed by atoms with Gasteiger partial charge in [-0.2, -0.15) is 0 Å². The number of ether oxygens (including phenoxy) is 2. The lowest BCUT2D eigenvalue weighted by atomic mass is 10.0. The Bertz CT molecular complexity index is 682. The van der Waals surface area contributed by atoms with Gasteiger partial charge in [-0.3, -0.25) is 4.79 Å². The minimum Gasteiger partial charge on any atom is -0.496 e. The maximum atomic E-state index is 11.4. The molecule has 2 unspecified atom stereocenters. The van der Waals surface area contributed by atoms with Gasteiger partial charge >= 0.3 is 5.97 Å². The minimum atomic E-state index is -0.157. The van der Waals surface area contributed by atoms with Crippen LogP contribution >= 0.6 is 0 Å². The maximum Gasteiger partial charge on any atom is 0.308 e. The molecule has 2 aromatic carbocycles. The van der Waals surface area contributed by atoms with Gasteiger partial charge in [-0.15, -0.1) is 0 Å². The number of hydrogen-bond acceptors (Lipinski definition) is 4. The Balaban J connectivity index is 1.96. The molecule has 0 aliphatic heterocycles. The van der Waals surface area contributed by atoms with Crippen LogP contribution in [0.3, 0.4) is 0 Å². The van der Waals surface area contributed by atoms with Crippen LogP contribution in [-0.2, 0) is 9.53 Å². The number of carbonyl (C=O) groups excluding carboxylic acids is 1. The Morgan fingerprint density at radius 1 is 1.04 bits per heavy atom. The first kappa shape index (κ1) is 19.0. The zero-order valence-corrected chi connectivity index (χ0v) is 15.4. The molecule has 2 atom stereocenters. The molecule has 0 aliphatic carbocycles. The van der Waals surface area contributed by atoms with Gasteiger partial charge in [0.05, 0.1) is 20.1 Å². The molecule has 0 aromatic heterocycles. The van der Waals surface area contributed by atoms with E-state index in [4.69, 9.17) is 9.47 Å². The van der Waals surface area contributed by atoms with E-state index in [-0.39, 0.29) is 17.9 Å². The van der Waals surface area contributed by atoms with Crippen LogP contribution in [0.15, 0.2) is 48.5 Å². The van der Waals surface area contributed by atoms with Crippen LogP contribution in [0.5, 0.6) is 5.75 Å². The Hall–Kier alpha value is -2.33. The Kier molecular flexibility index (Phi) is 7.02. The monoisotopic (exact) mass is 341 g/mol. The number of hydrogen-bond donors (Lipinski definition) is 1. The first-order chi connectivity index (χ1) is 12.1. The van der Waals surface area contributed by atoms with Crippen LogP contribution in [0.25, 0.3) is 11.1 Å². The molecular formula is C21H27NO3. The number of methoxy groups -OCH3 is 2. The van der Waals surface area contributed by atoms with E-state index in [1.54, 1.807) is 7.11 Å². The molecule has 0 bridgehead atoms. The van der Waals surface area contributed by atoms with Crippen LogP contribution in [0, 0.1) is 5.92 Å². The van der Waals surface area contributed by atoms with Gasteiger partial charge in [0.1, 0.15) is 5.75 Å². The summed E-state index contributed by atoms with van der Waals surface area (Å²) in [5, 5.41) is 3.46. The number of esters is 1. The highest BCUT2D eigenvalue weighted by Crippen LogP contribution is 2.30. The van der Waals surface area contributed by atoms with Crippen LogP contribution < -0.4 is 10.1 Å². The largest absolute Gasteiger partial charge is 0.496 e. The summed E-state index contributed by atoms with van der Waals surface area (Å²) in [7, 11) is 3.12. The van der Waals surface area contributed by atoms with Crippen molar-refractivity contribution in [1.29, 1.82) is 0 Å². The van der Waals surface area contributed by atoms with Crippen LogP contribution in [-0.4, -0.2) is 26.7 Å². The number of carbonyl (C=O) groups is 1. The van der Waals surface area contributed by atoms with Crippen molar-refractivity contribution in [1.82, 2.24) is 5.32 Å². The van der Waals surface area contributed by atoms with E-state index in [1.165, 1.54) is 12.7 Å². The average molecular weight is 341 g/mol. The molecule has 0 spiro atoms. The first-order valence-corrected chi connectivity index (χ1v) is 8.61. The van der Waals surface area contributed by atoms with E-state index in [1.807, 2.05) is 25.1 Å². The summed E-state index contributed by atoms with van der Waals surface area (Å²) in [6.07, 6.45) is 0.760. The number of rotatable bonds is 8. The SMILES string of the molecule is COC(=O)C(C)CCNC(C)c1ccc(-c2ccccc2OC)cc1. The standard InChI is InChI=1S/C21H27NO3/c1-15(21(23)25-4)13-14-22-16(2)17-9-11-18(12-10-17)19-7-5-6-8-20(19)24-3/h5-12,15-16,22H,13-14H2,1-4H3. The fourth-order valence-corrected chi connectivity index (χ4v) is 2.79. The smallest absolute Gasteiger partial charge is 0.308 e. The Morgan fingerprint density at radius 3 is 2.36 bits per heavy atom. The maximum absolute atomic E-state index is 11.4. The predicted octanol–water partition coefficient (Wildman–Crippen LogP) is 4.21. The molecule has 4 heteroatoms. The highest BCUT2D eigenvalue weighted by atomic mass is 16.5. The third-order valence-electron chi connectivity index (χ3n) is 4.46. The van der Waals surface area contributed by atoms with Gasteiger partial charge in [-0.1, -0.05) is 49.4 Å². The van der Waals surface area contributed by atoms with Crippen molar-refractivity contribution in [2.75, 3.05) is 20.8 Å². The molecule has 0 aliphatic rings. The van der Waals surface area contributed by atoms with Crippen molar-refractivity contribution in [2.45, 2.75) is 26.3 Å². The topological polar surface area (TPSA) is 47.6 Å². The third-order valence-corrected chi connectivity index (χ3v) is 4.46. The predicted molar refractivity (Wildman–Crippen MR) is 101 cm³/mol. The average Bonchev–Trinajstić information content (AvgIpc) is 2.67. The van der Waals surface area contributed by atoms with E-state index >= 15 is 0 Å². The summed E-state index contributed by atoms with van der Waals surface area (Å²) >= 11 is 0. The number of para-hydroxylation sites is 1. The van der Waals surface area contributed by atoms with Gasteiger partial charge in [0.15, 0.2) is 0 Å². The molecule has 0 radical (unpaired) electrons. The summed E-state index contributed by atoms with van der Waals surface area (Å²) in [5.74, 6) is 0.631. The van der Waals surface area contributed by atoms with E-state index in [2.05, 4.69) is 42.6 Å². The van der Waals surface area contributed by atoms with Crippen molar-refractivity contribution < 1.29 is 14.3 Å². The van der Waals surface area contributed by atoms with Gasteiger partial charge in [0, 0.05) is 11.6 Å². The highest BCUT2D eigenvalue weighted by Gasteiger charge is 2.13. The van der Waals surface area contributed by atoms with Crippen LogP contribution in [0.1, 0.15) is 31.9 Å². The zero-order valence-electron chi connectivity index (χ0n) is 15.4. The molecule has 4 nitrogen and oxygen atoms in total. The fraction of sp³-hybridized carbons (Fsp3) is 0.381. The quantitative estimate of drug-likeness (QED) is 0.731. The minimum absolute atomic E-state index is 0.0855. The van der Waals surface area contributed by atoms with E-state index in [0.29, 0.717) is 0 Å². The zero-order chi connectivity index (χ0) is 18.2. The van der Waals surface area contributed by atoms with Crippen molar-refractivity contribution >= 4 is 5.97 Å². The molecule has 0 saturated heterocycles. The Morgan fingerprint density at radius 2 is 1.72 bits per heavy atom. The number of nitrogens with one attached hydrogen (secondary N) is 1. The summed E-state index contributed by atoms with van der Waals surface area (Å²) in [6.45, 7) is 4.78. The Labute approximate surface area is 150 Å². The first-order valence-electron chi connectivity index (χ1n) is 8.61. The second kappa shape index (κ2) is 9.23. The normalized spacial score (nSPS) is 13.1. The molecular weight excluding hydrogens is 314 g/mol. The third kappa shape index (κ3) is 5.07. The molecule has 1 N–H and O–H groups in total. The summed E-state index contributed by atoms with van der Waals surface area (Å²) in [5.41, 5.74) is 3.43. The van der Waals surface area contributed by atoms with Crippen molar-refractivity contribution in [3.63, 3.8) is 0 Å². The van der Waals surface area contributed by atoms with E-state index < -0.39 is 0 Å². The molecule has 134 valence electrons. The molecule has 2 rings (SSSR count). The summed E-state index contributed by atoms with van der Waals surface area (Å²) in [6, 6.07) is 16.7. The molecule has 0 amide bonds. The van der Waals surface area contributed by atoms with Gasteiger partial charge in [0.25, 0.3) is 0 Å². The molecule has 0 saturated carbocycles. The lowest BCUT2D eigenvalue weighted by molar-refractivity contribution is -0.145. The number of benzene rings is 2.